The Bertz CT molecular complexity index is 1060. The predicted octanol–water partition coefficient (Wildman–Crippen LogP) is 6.09. The maximum Gasteiger partial charge on any atom is 0.350 e. The van der Waals surface area contributed by atoms with E-state index in [1.54, 1.807) is 35.1 Å². The van der Waals surface area contributed by atoms with Crippen LogP contribution in [0.25, 0.3) is 0 Å². The van der Waals surface area contributed by atoms with Gasteiger partial charge < -0.3 is 8.38 Å². The van der Waals surface area contributed by atoms with E-state index in [1.807, 2.05) is 24.4 Å². The summed E-state index contributed by atoms with van der Waals surface area (Å²) < 4.78 is 5.03. The molecule has 0 fully saturated rings. The maximum absolute atomic E-state index is 12.7. The van der Waals surface area contributed by atoms with E-state index < -0.39 is 5.97 Å². The summed E-state index contributed by atoms with van der Waals surface area (Å²) >= 11 is 2.99. The van der Waals surface area contributed by atoms with Gasteiger partial charge >= 0.3 is 5.97 Å². The van der Waals surface area contributed by atoms with Crippen LogP contribution in [0.3, 0.4) is 0 Å². The Morgan fingerprint density at radius 2 is 1.83 bits per heavy atom. The summed E-state index contributed by atoms with van der Waals surface area (Å²) in [6.45, 7) is 1.98. The van der Waals surface area contributed by atoms with Gasteiger partial charge in [-0.2, -0.15) is 0 Å². The number of aryl methyl sites for hydroxylation is 2. The van der Waals surface area contributed by atoms with Gasteiger partial charge in [0, 0.05) is 5.56 Å². The fourth-order valence-electron chi connectivity index (χ4n) is 3.86. The summed E-state index contributed by atoms with van der Waals surface area (Å²) in [7, 11) is 0. The number of amides is 1. The van der Waals surface area contributed by atoms with Gasteiger partial charge in [0.15, 0.2) is 23.0 Å². The lowest BCUT2D eigenvalue weighted by molar-refractivity contribution is 0.0800. The molecule has 29 heavy (non-hydrogen) atoms. The van der Waals surface area contributed by atoms with Crippen molar-refractivity contribution in [1.82, 2.24) is 0 Å². The molecule has 0 saturated carbocycles. The number of hydrogen-bond acceptors (Lipinski definition) is 4. The third-order valence-corrected chi connectivity index (χ3v) is 6.73. The van der Waals surface area contributed by atoms with Crippen molar-refractivity contribution in [3.8, 4) is 0 Å². The Labute approximate surface area is 188 Å². The van der Waals surface area contributed by atoms with Crippen LogP contribution in [0.1, 0.15) is 55.3 Å². The van der Waals surface area contributed by atoms with Crippen LogP contribution >= 0.6 is 34.3 Å². The lowest BCUT2D eigenvalue weighted by Gasteiger charge is -2.25. The van der Waals surface area contributed by atoms with Crippen molar-refractivity contribution >= 4 is 51.2 Å². The molecule has 1 atom stereocenters. The van der Waals surface area contributed by atoms with Gasteiger partial charge in [-0.1, -0.05) is 42.0 Å². The number of carbonyl (C=O) groups excluding carboxylic acids is 2. The van der Waals surface area contributed by atoms with Gasteiger partial charge in [-0.15, -0.1) is 11.3 Å². The smallest absolute Gasteiger partial charge is 0.350 e. The van der Waals surface area contributed by atoms with Crippen molar-refractivity contribution in [2.75, 3.05) is 5.32 Å². The van der Waals surface area contributed by atoms with Crippen LogP contribution in [0.2, 0.25) is 0 Å². The van der Waals surface area contributed by atoms with E-state index >= 15 is 0 Å². The topological polar surface area (TPSA) is 55.4 Å². The van der Waals surface area contributed by atoms with Gasteiger partial charge in [0.1, 0.15) is 5.00 Å². The first-order valence-corrected chi connectivity index (χ1v) is 11.2. The summed E-state index contributed by atoms with van der Waals surface area (Å²) in [5.41, 5.74) is 5.80. The Morgan fingerprint density at radius 1 is 1.10 bits per heavy atom. The van der Waals surface area contributed by atoms with E-state index in [9.17, 15) is 9.59 Å². The molecule has 1 aliphatic rings. The number of rotatable bonds is 4. The minimum Gasteiger partial charge on any atom is -0.391 e. The summed E-state index contributed by atoms with van der Waals surface area (Å²) in [6.07, 6.45) is 2.85. The van der Waals surface area contributed by atoms with Crippen LogP contribution in [0.15, 0.2) is 53.9 Å². The second kappa shape index (κ2) is 8.67. The number of hydrogen-bond donors (Lipinski definition) is 1. The molecule has 2 aromatic carbocycles. The second-order valence-corrected chi connectivity index (χ2v) is 8.61. The van der Waals surface area contributed by atoms with Gasteiger partial charge in [-0.3, -0.25) is 4.79 Å². The SMILES string of the molecule is Cc1ccc(C(=O)Nc2scc(C3CCc4ccccc4C3)c2C(=O)OI)cc1. The number of fused-ring (bicyclic) bond motifs is 1. The molecule has 0 saturated heterocycles. The molecule has 1 heterocycles. The molecule has 148 valence electrons. The highest BCUT2D eigenvalue weighted by Crippen LogP contribution is 2.40. The Balaban J connectivity index is 1.63. The Morgan fingerprint density at radius 3 is 2.55 bits per heavy atom. The molecule has 1 aliphatic carbocycles. The van der Waals surface area contributed by atoms with Crippen molar-refractivity contribution in [3.63, 3.8) is 0 Å². The molecule has 1 aromatic heterocycles. The average molecular weight is 517 g/mol. The summed E-state index contributed by atoms with van der Waals surface area (Å²) in [6, 6.07) is 15.8. The summed E-state index contributed by atoms with van der Waals surface area (Å²) in [5.74, 6) is -0.411. The molecule has 4 nitrogen and oxygen atoms in total. The normalized spacial score (nSPS) is 15.4. The van der Waals surface area contributed by atoms with E-state index in [0.29, 0.717) is 16.1 Å². The van der Waals surface area contributed by atoms with Gasteiger partial charge in [0.2, 0.25) is 0 Å². The van der Waals surface area contributed by atoms with Crippen LogP contribution in [0.5, 0.6) is 0 Å². The first-order valence-electron chi connectivity index (χ1n) is 9.46. The minimum absolute atomic E-state index is 0.227. The quantitative estimate of drug-likeness (QED) is 0.427. The van der Waals surface area contributed by atoms with E-state index in [-0.39, 0.29) is 11.8 Å². The molecule has 0 spiro atoms. The van der Waals surface area contributed by atoms with Crippen molar-refractivity contribution < 1.29 is 12.7 Å². The molecular weight excluding hydrogens is 497 g/mol. The van der Waals surface area contributed by atoms with Crippen molar-refractivity contribution in [3.05, 3.63) is 87.3 Å². The number of anilines is 1. The predicted molar refractivity (Wildman–Crippen MR) is 124 cm³/mol. The monoisotopic (exact) mass is 517 g/mol. The van der Waals surface area contributed by atoms with Gasteiger partial charge in [0.05, 0.1) is 5.56 Å². The fraction of sp³-hybridized carbons (Fsp3) is 0.217. The summed E-state index contributed by atoms with van der Waals surface area (Å²) in [4.78, 5) is 25.3. The van der Waals surface area contributed by atoms with Gasteiger partial charge in [-0.25, -0.2) is 4.79 Å². The number of carbonyl (C=O) groups is 2. The molecule has 6 heteroatoms. The van der Waals surface area contributed by atoms with Crippen molar-refractivity contribution in [2.24, 2.45) is 0 Å². The fourth-order valence-corrected chi connectivity index (χ4v) is 5.10. The first-order chi connectivity index (χ1) is 14.1. The number of halogens is 1. The molecule has 0 radical (unpaired) electrons. The Kier molecular flexibility index (Phi) is 6.01. The first kappa shape index (κ1) is 20.1. The molecule has 0 bridgehead atoms. The van der Waals surface area contributed by atoms with E-state index in [2.05, 4.69) is 29.6 Å². The number of thiophene rings is 1. The largest absolute Gasteiger partial charge is 0.391 e. The number of nitrogens with one attached hydrogen (secondary N) is 1. The molecular formula is C23H20INO3S. The summed E-state index contributed by atoms with van der Waals surface area (Å²) in [5, 5.41) is 5.46. The molecule has 1 amide bonds. The second-order valence-electron chi connectivity index (χ2n) is 7.29. The van der Waals surface area contributed by atoms with Crippen LogP contribution in [-0.4, -0.2) is 11.9 Å². The molecule has 1 N–H and O–H groups in total. The highest BCUT2D eigenvalue weighted by molar-refractivity contribution is 14.1. The molecule has 0 aliphatic heterocycles. The van der Waals surface area contributed by atoms with Crippen LogP contribution in [-0.2, 0) is 15.9 Å². The standard InChI is InChI=1S/C23H20INO3S/c1-14-6-8-16(9-7-14)21(26)25-22-20(23(27)28-24)19(13-29-22)18-11-10-15-4-2-3-5-17(15)12-18/h2-9,13,18H,10-12H2,1H3,(H,25,26). The van der Waals surface area contributed by atoms with Crippen LogP contribution in [0.4, 0.5) is 5.00 Å². The third kappa shape index (κ3) is 4.23. The molecule has 3 aromatic rings. The number of benzene rings is 2. The zero-order valence-corrected chi connectivity index (χ0v) is 18.9. The van der Waals surface area contributed by atoms with E-state index in [1.165, 1.54) is 22.5 Å². The maximum atomic E-state index is 12.7. The van der Waals surface area contributed by atoms with Crippen molar-refractivity contribution in [1.29, 1.82) is 0 Å². The highest BCUT2D eigenvalue weighted by atomic mass is 127. The van der Waals surface area contributed by atoms with E-state index in [4.69, 9.17) is 3.07 Å². The zero-order chi connectivity index (χ0) is 20.4. The van der Waals surface area contributed by atoms with Crippen LogP contribution < -0.4 is 5.32 Å². The van der Waals surface area contributed by atoms with Crippen molar-refractivity contribution in [2.45, 2.75) is 32.1 Å². The molecule has 4 rings (SSSR count). The lowest BCUT2D eigenvalue weighted by Crippen LogP contribution is -2.17. The lowest BCUT2D eigenvalue weighted by atomic mass is 9.80. The molecule has 1 unspecified atom stereocenters. The highest BCUT2D eigenvalue weighted by Gasteiger charge is 2.29. The Hall–Kier alpha value is -2.19. The van der Waals surface area contributed by atoms with Gasteiger partial charge in [0.25, 0.3) is 5.91 Å². The third-order valence-electron chi connectivity index (χ3n) is 5.42. The van der Waals surface area contributed by atoms with Gasteiger partial charge in [-0.05, 0) is 66.3 Å². The minimum atomic E-state index is -0.417. The average Bonchev–Trinajstić information content (AvgIpc) is 3.16. The van der Waals surface area contributed by atoms with Crippen LogP contribution in [0, 0.1) is 6.92 Å². The van der Waals surface area contributed by atoms with E-state index in [0.717, 1.165) is 30.4 Å². The zero-order valence-electron chi connectivity index (χ0n) is 15.9.